The molecule has 1 saturated heterocycles. The fourth-order valence-electron chi connectivity index (χ4n) is 4.70. The summed E-state index contributed by atoms with van der Waals surface area (Å²) in [6.07, 6.45) is 5.78. The van der Waals surface area contributed by atoms with Crippen LogP contribution in [0.2, 0.25) is 0 Å². The molecule has 1 fully saturated rings. The Hall–Kier alpha value is -2.85. The topological polar surface area (TPSA) is 90.8 Å². The Kier molecular flexibility index (Phi) is 8.12. The van der Waals surface area contributed by atoms with Crippen molar-refractivity contribution in [1.29, 1.82) is 0 Å². The van der Waals surface area contributed by atoms with E-state index >= 15 is 0 Å². The molecule has 2 aromatic heterocycles. The summed E-state index contributed by atoms with van der Waals surface area (Å²) >= 11 is 0. The van der Waals surface area contributed by atoms with Crippen LogP contribution in [0.25, 0.3) is 11.3 Å². The van der Waals surface area contributed by atoms with Crippen molar-refractivity contribution in [2.75, 3.05) is 40.0 Å². The fraction of sp³-hybridized carbons (Fsp3) is 0.560. The number of pyridine rings is 1. The highest BCUT2D eigenvalue weighted by molar-refractivity contribution is 6.09. The van der Waals surface area contributed by atoms with Gasteiger partial charge in [0.1, 0.15) is 6.17 Å². The molecule has 2 atom stereocenters. The van der Waals surface area contributed by atoms with Gasteiger partial charge in [-0.2, -0.15) is 5.10 Å². The van der Waals surface area contributed by atoms with E-state index < -0.39 is 12.0 Å². The molecule has 0 radical (unpaired) electrons. The third-order valence-corrected chi connectivity index (χ3v) is 6.76. The van der Waals surface area contributed by atoms with Crippen LogP contribution in [0.4, 0.5) is 8.78 Å². The molecule has 0 saturated carbocycles. The van der Waals surface area contributed by atoms with Crippen LogP contribution in [0, 0.1) is 11.7 Å². The molecule has 35 heavy (non-hydrogen) atoms. The van der Waals surface area contributed by atoms with E-state index in [1.54, 1.807) is 10.9 Å². The minimum Gasteiger partial charge on any atom is -0.479 e. The summed E-state index contributed by atoms with van der Waals surface area (Å²) in [5, 5.41) is 4.77. The van der Waals surface area contributed by atoms with Crippen LogP contribution in [-0.2, 0) is 17.6 Å². The van der Waals surface area contributed by atoms with Crippen LogP contribution in [0.5, 0.6) is 5.88 Å². The maximum Gasteiger partial charge on any atom is 0.250 e. The minimum atomic E-state index is -0.904. The van der Waals surface area contributed by atoms with Crippen molar-refractivity contribution in [2.45, 2.75) is 45.3 Å². The number of likely N-dealkylation sites (tertiary alicyclic amines) is 1. The number of fused-ring (bicyclic) bond motifs is 1. The third-order valence-electron chi connectivity index (χ3n) is 6.76. The predicted molar refractivity (Wildman–Crippen MR) is 131 cm³/mol. The summed E-state index contributed by atoms with van der Waals surface area (Å²) in [4.78, 5) is 10.8. The van der Waals surface area contributed by atoms with Crippen LogP contribution >= 0.6 is 0 Å². The number of hydrogen-bond donors (Lipinski definition) is 1. The summed E-state index contributed by atoms with van der Waals surface area (Å²) in [5.41, 5.74) is 9.67. The van der Waals surface area contributed by atoms with Crippen LogP contribution in [0.1, 0.15) is 37.2 Å². The first-order valence-electron chi connectivity index (χ1n) is 12.1. The number of methoxy groups -OCH3 is 1. The molecule has 0 spiro atoms. The van der Waals surface area contributed by atoms with Gasteiger partial charge < -0.3 is 15.2 Å². The predicted octanol–water partition coefficient (Wildman–Crippen LogP) is 2.97. The second kappa shape index (κ2) is 11.3. The van der Waals surface area contributed by atoms with Crippen molar-refractivity contribution in [2.24, 2.45) is 16.6 Å². The number of alkyl halides is 1. The lowest BCUT2D eigenvalue weighted by Gasteiger charge is -2.36. The number of nitrogens with zero attached hydrogens (tertiary/aromatic N) is 5. The zero-order valence-corrected chi connectivity index (χ0v) is 20.6. The van der Waals surface area contributed by atoms with E-state index in [1.807, 2.05) is 0 Å². The Morgan fingerprint density at radius 3 is 2.86 bits per heavy atom. The summed E-state index contributed by atoms with van der Waals surface area (Å²) in [5.74, 6) is -0.756. The average Bonchev–Trinajstić information content (AvgIpc) is 3.03. The highest BCUT2D eigenvalue weighted by Crippen LogP contribution is 2.28. The van der Waals surface area contributed by atoms with Gasteiger partial charge in [-0.15, -0.1) is 0 Å². The van der Waals surface area contributed by atoms with E-state index in [1.165, 1.54) is 25.6 Å². The Bertz CT molecular complexity index is 1080. The first-order chi connectivity index (χ1) is 16.9. The summed E-state index contributed by atoms with van der Waals surface area (Å²) < 4.78 is 41.4. The number of allylic oxidation sites excluding steroid dienone is 1. The molecule has 2 N–H and O–H groups in total. The first-order valence-corrected chi connectivity index (χ1v) is 12.1. The van der Waals surface area contributed by atoms with Gasteiger partial charge in [-0.25, -0.2) is 18.4 Å². The van der Waals surface area contributed by atoms with Crippen LogP contribution in [0.15, 0.2) is 23.5 Å². The van der Waals surface area contributed by atoms with Crippen molar-refractivity contribution in [1.82, 2.24) is 19.7 Å². The van der Waals surface area contributed by atoms with Gasteiger partial charge in [0.25, 0.3) is 0 Å². The first kappa shape index (κ1) is 25.2. The van der Waals surface area contributed by atoms with Gasteiger partial charge in [-0.1, -0.05) is 0 Å². The van der Waals surface area contributed by atoms with E-state index in [-0.39, 0.29) is 11.8 Å². The van der Waals surface area contributed by atoms with E-state index in [0.29, 0.717) is 62.1 Å². The monoisotopic (exact) mass is 488 g/mol. The Morgan fingerprint density at radius 2 is 2.17 bits per heavy atom. The van der Waals surface area contributed by atoms with E-state index in [9.17, 15) is 8.78 Å². The third kappa shape index (κ3) is 5.54. The lowest BCUT2D eigenvalue weighted by Crippen LogP contribution is -2.45. The molecule has 0 aromatic carbocycles. The number of ether oxygens (including phenoxy) is 2. The van der Waals surface area contributed by atoms with Crippen LogP contribution in [0.3, 0.4) is 0 Å². The molecular formula is C25H34F2N6O2. The highest BCUT2D eigenvalue weighted by atomic mass is 19.1. The van der Waals surface area contributed by atoms with Crippen molar-refractivity contribution >= 4 is 11.8 Å². The molecule has 8 nitrogen and oxygen atoms in total. The summed E-state index contributed by atoms with van der Waals surface area (Å²) in [6.45, 7) is 6.98. The fourth-order valence-corrected chi connectivity index (χ4v) is 4.70. The van der Waals surface area contributed by atoms with Crippen LogP contribution in [-0.4, -0.2) is 78.1 Å². The zero-order valence-electron chi connectivity index (χ0n) is 20.6. The Labute approximate surface area is 204 Å². The van der Waals surface area contributed by atoms with E-state index in [0.717, 1.165) is 24.2 Å². The number of piperidine rings is 1. The van der Waals surface area contributed by atoms with E-state index in [4.69, 9.17) is 20.3 Å². The Balaban J connectivity index is 1.58. The quantitative estimate of drug-likeness (QED) is 0.603. The lowest BCUT2D eigenvalue weighted by molar-refractivity contribution is 0.0692. The smallest absolute Gasteiger partial charge is 0.250 e. The zero-order chi connectivity index (χ0) is 24.9. The second-order valence-electron chi connectivity index (χ2n) is 9.25. The second-order valence-corrected chi connectivity index (χ2v) is 9.25. The molecule has 2 aromatic rings. The van der Waals surface area contributed by atoms with Crippen LogP contribution < -0.4 is 10.5 Å². The molecule has 4 heterocycles. The molecule has 190 valence electrons. The highest BCUT2D eigenvalue weighted by Gasteiger charge is 2.30. The molecular weight excluding hydrogens is 454 g/mol. The van der Waals surface area contributed by atoms with Crippen molar-refractivity contribution < 1.29 is 18.3 Å². The van der Waals surface area contributed by atoms with E-state index in [2.05, 4.69) is 28.7 Å². The molecule has 2 aliphatic rings. The maximum absolute atomic E-state index is 14.7. The average molecular weight is 489 g/mol. The van der Waals surface area contributed by atoms with Gasteiger partial charge in [-0.3, -0.25) is 9.89 Å². The largest absolute Gasteiger partial charge is 0.479 e. The minimum absolute atomic E-state index is 0.0735. The summed E-state index contributed by atoms with van der Waals surface area (Å²) in [6, 6.07) is 1.69. The van der Waals surface area contributed by atoms with Crippen molar-refractivity contribution in [3.8, 4) is 11.6 Å². The lowest BCUT2D eigenvalue weighted by atomic mass is 9.94. The summed E-state index contributed by atoms with van der Waals surface area (Å²) in [7, 11) is 1.37. The van der Waals surface area contributed by atoms with Gasteiger partial charge >= 0.3 is 0 Å². The normalized spacial score (nSPS) is 21.9. The standard InChI is InChI=1S/C25H34F2N6O2/c1-16(2)32-7-4-17(22(27)15-32)12-29-13-18(11-28)24-20-5-8-35-9-6-23(20)33(31-24)19-10-21(26)25(34-3)30-14-19/h10-11,13-14,16-17,22H,4-9,12,15,28H2,1-3H3. The van der Waals surface area contributed by atoms with Gasteiger partial charge in [0.05, 0.1) is 43.6 Å². The van der Waals surface area contributed by atoms with Gasteiger partial charge in [0.15, 0.2) is 5.82 Å². The molecule has 10 heteroatoms. The van der Waals surface area contributed by atoms with Gasteiger partial charge in [0, 0.05) is 61.1 Å². The SMILES string of the molecule is COc1ncc(-n2nc(C(C=NCC3CCN(C(C)C)CC3F)=CN)c3c2CCOCC3)cc1F. The Morgan fingerprint density at radius 1 is 1.37 bits per heavy atom. The van der Waals surface area contributed by atoms with Crippen molar-refractivity contribution in [3.63, 3.8) is 0 Å². The number of aliphatic imine (C=N–C) groups is 1. The number of halogens is 2. The maximum atomic E-state index is 14.7. The molecule has 0 aliphatic carbocycles. The molecule has 2 unspecified atom stereocenters. The van der Waals surface area contributed by atoms with Gasteiger partial charge in [0.2, 0.25) is 5.88 Å². The molecule has 0 amide bonds. The molecule has 0 bridgehead atoms. The number of nitrogens with two attached hydrogens (primary N) is 1. The number of rotatable bonds is 7. The number of aromatic nitrogens is 3. The molecule has 2 aliphatic heterocycles. The van der Waals surface area contributed by atoms with Crippen molar-refractivity contribution in [3.05, 3.63) is 41.2 Å². The molecule has 4 rings (SSSR count). The number of hydrogen-bond acceptors (Lipinski definition) is 7. The van der Waals surface area contributed by atoms with Gasteiger partial charge in [-0.05, 0) is 33.2 Å².